The molecule has 1 aliphatic heterocycles. The fraction of sp³-hybridized carbons (Fsp3) is 0.333. The van der Waals surface area contributed by atoms with Crippen LogP contribution in [0.3, 0.4) is 0 Å². The smallest absolute Gasteiger partial charge is 0.337 e. The summed E-state index contributed by atoms with van der Waals surface area (Å²) in [5.41, 5.74) is 3.12. The van der Waals surface area contributed by atoms with Crippen molar-refractivity contribution < 1.29 is 14.3 Å². The van der Waals surface area contributed by atoms with Crippen LogP contribution in [0.15, 0.2) is 42.9 Å². The first kappa shape index (κ1) is 19.1. The second-order valence-electron chi connectivity index (χ2n) is 6.97. The molecular weight excluding hydrogens is 370 g/mol. The van der Waals surface area contributed by atoms with E-state index in [1.807, 2.05) is 36.1 Å². The molecule has 3 heterocycles. The molecule has 0 unspecified atom stereocenters. The van der Waals surface area contributed by atoms with Gasteiger partial charge in [0.25, 0.3) is 0 Å². The average molecular weight is 393 g/mol. The zero-order valence-corrected chi connectivity index (χ0v) is 16.5. The van der Waals surface area contributed by atoms with Crippen LogP contribution in [0.4, 0.5) is 11.5 Å². The maximum atomic E-state index is 11.6. The second-order valence-corrected chi connectivity index (χ2v) is 6.97. The van der Waals surface area contributed by atoms with E-state index in [4.69, 9.17) is 9.47 Å². The first-order valence-corrected chi connectivity index (χ1v) is 9.55. The van der Waals surface area contributed by atoms with Gasteiger partial charge < -0.3 is 14.8 Å². The third-order valence-electron chi connectivity index (χ3n) is 4.97. The van der Waals surface area contributed by atoms with Gasteiger partial charge in [-0.05, 0) is 31.9 Å². The maximum Gasteiger partial charge on any atom is 0.337 e. The Labute approximate surface area is 168 Å². The highest BCUT2D eigenvalue weighted by molar-refractivity contribution is 5.89. The van der Waals surface area contributed by atoms with Crippen molar-refractivity contribution in [2.45, 2.75) is 25.8 Å². The van der Waals surface area contributed by atoms with E-state index < -0.39 is 0 Å². The van der Waals surface area contributed by atoms with Crippen LogP contribution in [0.1, 0.15) is 34.8 Å². The highest BCUT2D eigenvalue weighted by atomic mass is 16.5. The Balaban J connectivity index is 1.53. The molecule has 0 saturated carbocycles. The summed E-state index contributed by atoms with van der Waals surface area (Å²) in [6.45, 7) is 3.50. The van der Waals surface area contributed by atoms with Crippen LogP contribution in [-0.2, 0) is 9.47 Å². The molecule has 8 heteroatoms. The Kier molecular flexibility index (Phi) is 5.53. The van der Waals surface area contributed by atoms with Gasteiger partial charge >= 0.3 is 5.97 Å². The third-order valence-corrected chi connectivity index (χ3v) is 4.97. The van der Waals surface area contributed by atoms with E-state index in [0.29, 0.717) is 17.4 Å². The number of nitrogens with one attached hydrogen (secondary N) is 1. The summed E-state index contributed by atoms with van der Waals surface area (Å²) < 4.78 is 12.1. The molecular formula is C21H23N5O3. The van der Waals surface area contributed by atoms with Gasteiger partial charge in [0.2, 0.25) is 0 Å². The van der Waals surface area contributed by atoms with Gasteiger partial charge in [-0.2, -0.15) is 5.10 Å². The molecule has 1 aliphatic rings. The number of ether oxygens (including phenoxy) is 2. The lowest BCUT2D eigenvalue weighted by molar-refractivity contribution is 0.0600. The average Bonchev–Trinajstić information content (AvgIpc) is 3.24. The fourth-order valence-corrected chi connectivity index (χ4v) is 3.27. The molecule has 1 fully saturated rings. The number of rotatable bonds is 5. The van der Waals surface area contributed by atoms with E-state index >= 15 is 0 Å². The molecule has 1 N–H and O–H groups in total. The Bertz CT molecular complexity index is 994. The quantitative estimate of drug-likeness (QED) is 0.663. The molecule has 0 amide bonds. The van der Waals surface area contributed by atoms with Gasteiger partial charge in [0, 0.05) is 36.7 Å². The number of hydrogen-bond acceptors (Lipinski definition) is 7. The lowest BCUT2D eigenvalue weighted by Gasteiger charge is -2.22. The number of hydrogen-bond donors (Lipinski definition) is 1. The van der Waals surface area contributed by atoms with E-state index in [-0.39, 0.29) is 5.97 Å². The van der Waals surface area contributed by atoms with Crippen LogP contribution < -0.4 is 5.32 Å². The number of carbonyl (C=O) groups excluding carboxylic acids is 1. The van der Waals surface area contributed by atoms with Crippen LogP contribution in [0.5, 0.6) is 0 Å². The largest absolute Gasteiger partial charge is 0.465 e. The molecule has 0 bridgehead atoms. The minimum absolute atomic E-state index is 0.370. The maximum absolute atomic E-state index is 11.6. The van der Waals surface area contributed by atoms with Crippen molar-refractivity contribution >= 4 is 17.5 Å². The summed E-state index contributed by atoms with van der Waals surface area (Å²) in [7, 11) is 1.36. The molecule has 1 aromatic carbocycles. The van der Waals surface area contributed by atoms with E-state index in [9.17, 15) is 4.79 Å². The highest BCUT2D eigenvalue weighted by Crippen LogP contribution is 2.25. The summed E-state index contributed by atoms with van der Waals surface area (Å²) >= 11 is 0. The van der Waals surface area contributed by atoms with E-state index in [0.717, 1.165) is 48.7 Å². The molecule has 1 saturated heterocycles. The summed E-state index contributed by atoms with van der Waals surface area (Å²) in [5.74, 6) is 0.926. The first-order valence-electron chi connectivity index (χ1n) is 9.55. The van der Waals surface area contributed by atoms with Gasteiger partial charge in [-0.15, -0.1) is 0 Å². The minimum atomic E-state index is -0.370. The SMILES string of the molecule is COC(=O)c1ccc(-c2ncc(C)c(Nc3cnn(C4CCOCC4)c3)n2)cc1. The molecule has 0 radical (unpaired) electrons. The lowest BCUT2D eigenvalue weighted by Crippen LogP contribution is -2.19. The Hall–Kier alpha value is -3.26. The van der Waals surface area contributed by atoms with Crippen molar-refractivity contribution in [3.63, 3.8) is 0 Å². The normalized spacial score (nSPS) is 14.6. The zero-order chi connectivity index (χ0) is 20.2. The summed E-state index contributed by atoms with van der Waals surface area (Å²) in [6, 6.07) is 7.40. The van der Waals surface area contributed by atoms with Crippen molar-refractivity contribution in [3.8, 4) is 11.4 Å². The van der Waals surface area contributed by atoms with E-state index in [1.54, 1.807) is 18.3 Å². The predicted octanol–water partition coefficient (Wildman–Crippen LogP) is 3.53. The van der Waals surface area contributed by atoms with Crippen LogP contribution in [0.25, 0.3) is 11.4 Å². The summed E-state index contributed by atoms with van der Waals surface area (Å²) in [6.07, 6.45) is 7.53. The van der Waals surface area contributed by atoms with Crippen LogP contribution in [-0.4, -0.2) is 46.0 Å². The van der Waals surface area contributed by atoms with Gasteiger partial charge in [-0.25, -0.2) is 14.8 Å². The number of carbonyl (C=O) groups is 1. The molecule has 0 spiro atoms. The summed E-state index contributed by atoms with van der Waals surface area (Å²) in [4.78, 5) is 20.7. The predicted molar refractivity (Wildman–Crippen MR) is 108 cm³/mol. The van der Waals surface area contributed by atoms with E-state index in [1.165, 1.54) is 7.11 Å². The van der Waals surface area contributed by atoms with Crippen LogP contribution >= 0.6 is 0 Å². The number of anilines is 2. The Morgan fingerprint density at radius 2 is 1.97 bits per heavy atom. The molecule has 3 aromatic rings. The van der Waals surface area contributed by atoms with Gasteiger partial charge in [-0.1, -0.05) is 12.1 Å². The van der Waals surface area contributed by atoms with Gasteiger partial charge in [-0.3, -0.25) is 4.68 Å². The Morgan fingerprint density at radius 3 is 2.69 bits per heavy atom. The molecule has 29 heavy (non-hydrogen) atoms. The van der Waals surface area contributed by atoms with Crippen molar-refractivity contribution in [1.82, 2.24) is 19.7 Å². The zero-order valence-electron chi connectivity index (χ0n) is 16.5. The van der Waals surface area contributed by atoms with E-state index in [2.05, 4.69) is 20.4 Å². The van der Waals surface area contributed by atoms with Gasteiger partial charge in [0.1, 0.15) is 5.82 Å². The van der Waals surface area contributed by atoms with Crippen molar-refractivity contribution in [3.05, 3.63) is 54.0 Å². The fourth-order valence-electron chi connectivity index (χ4n) is 3.27. The number of esters is 1. The molecule has 150 valence electrons. The second kappa shape index (κ2) is 8.40. The molecule has 0 atom stereocenters. The van der Waals surface area contributed by atoms with Gasteiger partial charge in [0.15, 0.2) is 5.82 Å². The number of benzene rings is 1. The minimum Gasteiger partial charge on any atom is -0.465 e. The number of nitrogens with zero attached hydrogens (tertiary/aromatic N) is 4. The molecule has 8 nitrogen and oxygen atoms in total. The van der Waals surface area contributed by atoms with Crippen molar-refractivity contribution in [1.29, 1.82) is 0 Å². The first-order chi connectivity index (χ1) is 14.1. The number of methoxy groups -OCH3 is 1. The van der Waals surface area contributed by atoms with Crippen LogP contribution in [0.2, 0.25) is 0 Å². The lowest BCUT2D eigenvalue weighted by atomic mass is 10.1. The summed E-state index contributed by atoms with van der Waals surface area (Å²) in [5, 5.41) is 7.83. The van der Waals surface area contributed by atoms with Crippen molar-refractivity contribution in [2.75, 3.05) is 25.6 Å². The van der Waals surface area contributed by atoms with Crippen LogP contribution in [0, 0.1) is 6.92 Å². The van der Waals surface area contributed by atoms with Crippen molar-refractivity contribution in [2.24, 2.45) is 0 Å². The number of aromatic nitrogens is 4. The third kappa shape index (κ3) is 4.27. The highest BCUT2D eigenvalue weighted by Gasteiger charge is 2.17. The molecule has 4 rings (SSSR count). The Morgan fingerprint density at radius 1 is 1.21 bits per heavy atom. The topological polar surface area (TPSA) is 91.2 Å². The monoisotopic (exact) mass is 393 g/mol. The molecule has 2 aromatic heterocycles. The van der Waals surface area contributed by atoms with Gasteiger partial charge in [0.05, 0.1) is 30.6 Å². The molecule has 0 aliphatic carbocycles. The standard InChI is InChI=1S/C21H23N5O3/c1-14-11-22-20(15-3-5-16(6-4-15)21(27)28-2)25-19(14)24-17-12-23-26(13-17)18-7-9-29-10-8-18/h3-6,11-13,18H,7-10H2,1-2H3,(H,22,24,25). The number of aryl methyl sites for hydroxylation is 1.